The fourth-order valence-electron chi connectivity index (χ4n) is 1.25. The summed E-state index contributed by atoms with van der Waals surface area (Å²) in [5.74, 6) is 0. The van der Waals surface area contributed by atoms with E-state index in [0.29, 0.717) is 0 Å². The molecule has 2 heterocycles. The summed E-state index contributed by atoms with van der Waals surface area (Å²) in [7, 11) is 0. The van der Waals surface area contributed by atoms with E-state index in [-0.39, 0.29) is 0 Å². The lowest BCUT2D eigenvalue weighted by Gasteiger charge is -2.00. The molecular weight excluding hydrogens is 335 g/mol. The molecule has 3 nitrogen and oxygen atoms in total. The van der Waals surface area contributed by atoms with Gasteiger partial charge in [-0.2, -0.15) is 0 Å². The summed E-state index contributed by atoms with van der Waals surface area (Å²) >= 11 is 9.10. The van der Waals surface area contributed by atoms with Crippen LogP contribution >= 0.6 is 46.8 Å². The van der Waals surface area contributed by atoms with E-state index in [1.807, 2.05) is 52.2 Å². The van der Waals surface area contributed by atoms with Crippen molar-refractivity contribution in [2.45, 2.75) is 6.92 Å². The van der Waals surface area contributed by atoms with Crippen LogP contribution in [0.5, 0.6) is 0 Å². The number of hydrogen-bond donors (Lipinski definition) is 0. The van der Waals surface area contributed by atoms with Crippen LogP contribution in [0.15, 0.2) is 18.3 Å². The van der Waals surface area contributed by atoms with Gasteiger partial charge in [0.25, 0.3) is 0 Å². The Morgan fingerprint density at radius 1 is 1.64 bits per heavy atom. The SMILES string of the molecule is Cc1cc(Cl)c2ccn(SOI)c2n1. The Morgan fingerprint density at radius 3 is 3.14 bits per heavy atom. The minimum absolute atomic E-state index is 0.723. The van der Waals surface area contributed by atoms with E-state index in [1.165, 1.54) is 12.2 Å². The molecule has 2 aromatic rings. The molecule has 0 atom stereocenters. The largest absolute Gasteiger partial charge is 0.251 e. The quantitative estimate of drug-likeness (QED) is 0.615. The van der Waals surface area contributed by atoms with Crippen molar-refractivity contribution in [3.8, 4) is 0 Å². The number of fused-ring (bicyclic) bond motifs is 1. The second-order valence-corrected chi connectivity index (χ2v) is 4.92. The van der Waals surface area contributed by atoms with Gasteiger partial charge in [0.15, 0.2) is 5.65 Å². The molecule has 0 fully saturated rings. The molecular formula is C8H6ClIN2OS. The molecule has 0 spiro atoms. The molecule has 0 aromatic carbocycles. The monoisotopic (exact) mass is 340 g/mol. The summed E-state index contributed by atoms with van der Waals surface area (Å²) in [5.41, 5.74) is 1.73. The lowest BCUT2D eigenvalue weighted by molar-refractivity contribution is 0.830. The normalized spacial score (nSPS) is 11.1. The van der Waals surface area contributed by atoms with Gasteiger partial charge in [-0.25, -0.2) is 7.50 Å². The molecule has 14 heavy (non-hydrogen) atoms. The first-order valence-corrected chi connectivity index (χ1v) is 5.78. The van der Waals surface area contributed by atoms with E-state index in [4.69, 9.17) is 14.1 Å². The molecule has 0 saturated heterocycles. The summed E-state index contributed by atoms with van der Waals surface area (Å²) in [6, 6.07) is 3.77. The van der Waals surface area contributed by atoms with Crippen LogP contribution < -0.4 is 0 Å². The highest BCUT2D eigenvalue weighted by Crippen LogP contribution is 2.27. The average Bonchev–Trinajstić information content (AvgIpc) is 2.49. The molecule has 0 aliphatic carbocycles. The second-order valence-electron chi connectivity index (χ2n) is 2.76. The number of aryl methyl sites for hydroxylation is 1. The van der Waals surface area contributed by atoms with Gasteiger partial charge < -0.3 is 0 Å². The Bertz CT molecular complexity index is 474. The standard InChI is InChI=1S/C8H6ClIN2OS/c1-5-4-7(9)6-2-3-12(14-13-10)8(6)11-5/h2-4H,1H3. The van der Waals surface area contributed by atoms with Crippen LogP contribution in [0, 0.1) is 6.92 Å². The van der Waals surface area contributed by atoms with Crippen LogP contribution in [0.25, 0.3) is 11.0 Å². The topological polar surface area (TPSA) is 27.1 Å². The second kappa shape index (κ2) is 4.26. The zero-order chi connectivity index (χ0) is 10.1. The minimum Gasteiger partial charge on any atom is -0.251 e. The summed E-state index contributed by atoms with van der Waals surface area (Å²) in [6.07, 6.45) is 1.88. The first-order chi connectivity index (χ1) is 6.72. The summed E-state index contributed by atoms with van der Waals surface area (Å²) in [5, 5.41) is 1.67. The first-order valence-electron chi connectivity index (χ1n) is 3.82. The van der Waals surface area contributed by atoms with Gasteiger partial charge in [-0.1, -0.05) is 11.6 Å². The predicted octanol–water partition coefficient (Wildman–Crippen LogP) is 3.78. The van der Waals surface area contributed by atoms with Crippen molar-refractivity contribution < 1.29 is 2.51 Å². The van der Waals surface area contributed by atoms with Crippen LogP contribution in [0.4, 0.5) is 0 Å². The van der Waals surface area contributed by atoms with E-state index in [9.17, 15) is 0 Å². The van der Waals surface area contributed by atoms with Crippen molar-refractivity contribution >= 4 is 57.9 Å². The van der Waals surface area contributed by atoms with Crippen LogP contribution in [0.2, 0.25) is 5.02 Å². The molecule has 6 heteroatoms. The molecule has 2 aromatic heterocycles. The molecule has 0 saturated carbocycles. The summed E-state index contributed by atoms with van der Waals surface area (Å²) in [6.45, 7) is 1.91. The third-order valence-electron chi connectivity index (χ3n) is 1.81. The van der Waals surface area contributed by atoms with Gasteiger partial charge >= 0.3 is 0 Å². The highest BCUT2D eigenvalue weighted by molar-refractivity contribution is 14.1. The highest BCUT2D eigenvalue weighted by atomic mass is 127. The maximum atomic E-state index is 6.07. The van der Waals surface area contributed by atoms with Crippen molar-refractivity contribution in [3.63, 3.8) is 0 Å². The smallest absolute Gasteiger partial charge is 0.153 e. The third kappa shape index (κ3) is 1.86. The fraction of sp³-hybridized carbons (Fsp3) is 0.125. The zero-order valence-electron chi connectivity index (χ0n) is 7.20. The fourth-order valence-corrected chi connectivity index (χ4v) is 2.46. The number of halogens is 2. The van der Waals surface area contributed by atoms with Gasteiger partial charge in [-0.05, 0) is 19.1 Å². The summed E-state index contributed by atoms with van der Waals surface area (Å²) in [4.78, 5) is 4.39. The predicted molar refractivity (Wildman–Crippen MR) is 67.6 cm³/mol. The van der Waals surface area contributed by atoms with Crippen LogP contribution in [-0.4, -0.2) is 8.96 Å². The number of aromatic nitrogens is 2. The molecule has 2 rings (SSSR count). The van der Waals surface area contributed by atoms with Gasteiger partial charge in [-0.15, -0.1) is 0 Å². The van der Waals surface area contributed by atoms with E-state index in [1.54, 1.807) is 0 Å². The molecule has 0 unspecified atom stereocenters. The van der Waals surface area contributed by atoms with E-state index < -0.39 is 0 Å². The molecule has 0 aliphatic rings. The Balaban J connectivity index is 2.66. The van der Waals surface area contributed by atoms with Gasteiger partial charge in [0, 0.05) is 17.3 Å². The summed E-state index contributed by atoms with van der Waals surface area (Å²) < 4.78 is 6.77. The maximum Gasteiger partial charge on any atom is 0.153 e. The number of hydrogen-bond acceptors (Lipinski definition) is 3. The van der Waals surface area contributed by atoms with Crippen LogP contribution in [-0.2, 0) is 2.51 Å². The van der Waals surface area contributed by atoms with E-state index in [2.05, 4.69) is 4.98 Å². The van der Waals surface area contributed by atoms with Crippen LogP contribution in [0.1, 0.15) is 5.69 Å². The zero-order valence-corrected chi connectivity index (χ0v) is 10.9. The number of pyridine rings is 1. The minimum atomic E-state index is 0.723. The van der Waals surface area contributed by atoms with Crippen LogP contribution in [0.3, 0.4) is 0 Å². The maximum absolute atomic E-state index is 6.07. The lowest BCUT2D eigenvalue weighted by Crippen LogP contribution is -1.88. The Labute approximate surface area is 105 Å². The Morgan fingerprint density at radius 2 is 2.43 bits per heavy atom. The van der Waals surface area contributed by atoms with Gasteiger partial charge in [0.1, 0.15) is 35.2 Å². The van der Waals surface area contributed by atoms with Crippen molar-refractivity contribution in [1.82, 2.24) is 8.96 Å². The van der Waals surface area contributed by atoms with Crippen molar-refractivity contribution in [1.29, 1.82) is 0 Å². The van der Waals surface area contributed by atoms with Crippen molar-refractivity contribution in [2.75, 3.05) is 0 Å². The van der Waals surface area contributed by atoms with Gasteiger partial charge in [0.2, 0.25) is 0 Å². The molecule has 74 valence electrons. The van der Waals surface area contributed by atoms with Gasteiger partial charge in [-0.3, -0.25) is 3.97 Å². The molecule has 0 radical (unpaired) electrons. The average molecular weight is 341 g/mol. The number of nitrogens with zero attached hydrogens (tertiary/aromatic N) is 2. The molecule has 0 amide bonds. The third-order valence-corrected chi connectivity index (χ3v) is 3.12. The van der Waals surface area contributed by atoms with E-state index in [0.717, 1.165) is 21.7 Å². The first kappa shape index (κ1) is 10.5. The highest BCUT2D eigenvalue weighted by Gasteiger charge is 2.07. The van der Waals surface area contributed by atoms with Crippen molar-refractivity contribution in [2.24, 2.45) is 0 Å². The molecule has 0 aliphatic heterocycles. The molecule has 0 N–H and O–H groups in total. The molecule has 0 bridgehead atoms. The number of rotatable bonds is 2. The van der Waals surface area contributed by atoms with E-state index >= 15 is 0 Å². The van der Waals surface area contributed by atoms with Crippen molar-refractivity contribution in [3.05, 3.63) is 29.0 Å². The Hall–Kier alpha value is 0.0200. The van der Waals surface area contributed by atoms with Gasteiger partial charge in [0.05, 0.1) is 5.02 Å². The lowest BCUT2D eigenvalue weighted by atomic mass is 10.3. The Kier molecular flexibility index (Phi) is 3.20.